The van der Waals surface area contributed by atoms with Gasteiger partial charge in [0.05, 0.1) is 0 Å². The normalized spacial score (nSPS) is 11.5. The zero-order chi connectivity index (χ0) is 41.0. The number of benzene rings is 9. The second kappa shape index (κ2) is 14.7. The van der Waals surface area contributed by atoms with E-state index in [1.165, 1.54) is 0 Å². The van der Waals surface area contributed by atoms with Crippen LogP contribution in [0.3, 0.4) is 0 Å². The fraction of sp³-hybridized carbons (Fsp3) is 0. The van der Waals surface area contributed by atoms with Crippen molar-refractivity contribution in [2.45, 2.75) is 0 Å². The van der Waals surface area contributed by atoms with Gasteiger partial charge in [0.1, 0.15) is 22.3 Å². The Morgan fingerprint density at radius 3 is 1.23 bits per heavy atom. The Morgan fingerprint density at radius 1 is 0.242 bits per heavy atom. The number of furan rings is 2. The zero-order valence-corrected chi connectivity index (χ0v) is 33.4. The SMILES string of the molecule is c1ccc(-c2nc(-c3ccc(-c4cc(-c5cccc6oc7ccccc7c56)cc(-c5cccc6oc7ccccc7c56)c4)cc3)nc(-c3ccccc3-c3ccccc3)n2)cc1. The largest absolute Gasteiger partial charge is 0.456 e. The standard InChI is InChI=1S/C57H35N3O2/c1-3-15-37(16-4-1)43-19-7-8-20-46(43)57-59-55(38-17-5-2-6-18-38)58-56(60-57)39-31-29-36(30-32-39)40-33-41(44-23-13-27-51-53(44)47-21-9-11-25-49(47)61-51)35-42(34-40)45-24-14-28-52-54(45)48-22-10-12-26-50(48)62-52/h1-35H. The van der Waals surface area contributed by atoms with E-state index in [0.29, 0.717) is 17.5 Å². The van der Waals surface area contributed by atoms with Crippen molar-refractivity contribution < 1.29 is 8.83 Å². The van der Waals surface area contributed by atoms with Gasteiger partial charge in [-0.1, -0.05) is 170 Å². The molecule has 12 aromatic rings. The van der Waals surface area contributed by atoms with E-state index in [1.54, 1.807) is 0 Å². The van der Waals surface area contributed by atoms with Gasteiger partial charge < -0.3 is 8.83 Å². The summed E-state index contributed by atoms with van der Waals surface area (Å²) >= 11 is 0. The lowest BCUT2D eigenvalue weighted by Crippen LogP contribution is -2.01. The third kappa shape index (κ3) is 6.14. The van der Waals surface area contributed by atoms with Crippen molar-refractivity contribution >= 4 is 43.9 Å². The molecule has 0 saturated carbocycles. The monoisotopic (exact) mass is 793 g/mol. The summed E-state index contributed by atoms with van der Waals surface area (Å²) in [5, 5.41) is 4.38. The van der Waals surface area contributed by atoms with Gasteiger partial charge in [-0.25, -0.2) is 15.0 Å². The fourth-order valence-corrected chi connectivity index (χ4v) is 8.84. The van der Waals surface area contributed by atoms with E-state index in [2.05, 4.69) is 146 Å². The molecule has 0 amide bonds. The van der Waals surface area contributed by atoms with Gasteiger partial charge in [0.15, 0.2) is 17.5 Å². The van der Waals surface area contributed by atoms with Crippen LogP contribution in [0.15, 0.2) is 221 Å². The van der Waals surface area contributed by atoms with Crippen LogP contribution in [0.5, 0.6) is 0 Å². The first kappa shape index (κ1) is 35.5. The highest BCUT2D eigenvalue weighted by Gasteiger charge is 2.19. The Kier molecular flexibility index (Phi) is 8.42. The first-order valence-electron chi connectivity index (χ1n) is 20.8. The predicted molar refractivity (Wildman–Crippen MR) is 252 cm³/mol. The fourth-order valence-electron chi connectivity index (χ4n) is 8.84. The van der Waals surface area contributed by atoms with E-state index < -0.39 is 0 Å². The highest BCUT2D eigenvalue weighted by atomic mass is 16.3. The molecule has 0 aliphatic rings. The lowest BCUT2D eigenvalue weighted by Gasteiger charge is -2.14. The van der Waals surface area contributed by atoms with Crippen LogP contribution in [0.2, 0.25) is 0 Å². The quantitative estimate of drug-likeness (QED) is 0.161. The molecule has 62 heavy (non-hydrogen) atoms. The van der Waals surface area contributed by atoms with E-state index in [4.69, 9.17) is 23.8 Å². The molecule has 0 aliphatic carbocycles. The molecule has 0 aliphatic heterocycles. The van der Waals surface area contributed by atoms with Crippen LogP contribution in [0.1, 0.15) is 0 Å². The average Bonchev–Trinajstić information content (AvgIpc) is 3.93. The minimum absolute atomic E-state index is 0.606. The number of para-hydroxylation sites is 2. The molecule has 3 aromatic heterocycles. The van der Waals surface area contributed by atoms with Gasteiger partial charge in [-0.2, -0.15) is 0 Å². The first-order valence-corrected chi connectivity index (χ1v) is 20.8. The summed E-state index contributed by atoms with van der Waals surface area (Å²) in [6, 6.07) is 73.5. The Morgan fingerprint density at radius 2 is 0.645 bits per heavy atom. The number of fused-ring (bicyclic) bond motifs is 6. The Balaban J connectivity index is 1.02. The molecule has 5 nitrogen and oxygen atoms in total. The van der Waals surface area contributed by atoms with Crippen LogP contribution in [0.4, 0.5) is 0 Å². The van der Waals surface area contributed by atoms with Crippen molar-refractivity contribution in [2.75, 3.05) is 0 Å². The molecule has 0 radical (unpaired) electrons. The van der Waals surface area contributed by atoms with E-state index in [9.17, 15) is 0 Å². The van der Waals surface area contributed by atoms with E-state index in [1.807, 2.05) is 66.7 Å². The molecule has 0 N–H and O–H groups in total. The summed E-state index contributed by atoms with van der Waals surface area (Å²) in [5.74, 6) is 1.85. The molecule has 0 bridgehead atoms. The van der Waals surface area contributed by atoms with Crippen LogP contribution >= 0.6 is 0 Å². The Bertz CT molecular complexity index is 3490. The Hall–Kier alpha value is -8.41. The number of rotatable bonds is 7. The Labute approximate surface area is 357 Å². The zero-order valence-electron chi connectivity index (χ0n) is 33.4. The summed E-state index contributed by atoms with van der Waals surface area (Å²) in [6.07, 6.45) is 0. The number of nitrogens with zero attached hydrogens (tertiary/aromatic N) is 3. The third-order valence-corrected chi connectivity index (χ3v) is 11.8. The molecule has 5 heteroatoms. The average molecular weight is 794 g/mol. The summed E-state index contributed by atoms with van der Waals surface area (Å²) in [7, 11) is 0. The van der Waals surface area contributed by atoms with Crippen molar-refractivity contribution in [3.8, 4) is 78.7 Å². The molecular formula is C57H35N3O2. The highest BCUT2D eigenvalue weighted by molar-refractivity contribution is 6.15. The van der Waals surface area contributed by atoms with Crippen molar-refractivity contribution in [3.05, 3.63) is 212 Å². The molecule has 9 aromatic carbocycles. The van der Waals surface area contributed by atoms with Gasteiger partial charge in [0.2, 0.25) is 0 Å². The maximum Gasteiger partial charge on any atom is 0.164 e. The van der Waals surface area contributed by atoms with Crippen LogP contribution in [-0.4, -0.2) is 15.0 Å². The van der Waals surface area contributed by atoms with Gasteiger partial charge in [-0.15, -0.1) is 0 Å². The molecule has 0 atom stereocenters. The maximum atomic E-state index is 6.37. The van der Waals surface area contributed by atoms with Gasteiger partial charge in [0, 0.05) is 38.2 Å². The van der Waals surface area contributed by atoms with Crippen molar-refractivity contribution in [2.24, 2.45) is 0 Å². The summed E-state index contributed by atoms with van der Waals surface area (Å²) < 4.78 is 12.7. The van der Waals surface area contributed by atoms with Crippen molar-refractivity contribution in [1.29, 1.82) is 0 Å². The van der Waals surface area contributed by atoms with E-state index >= 15 is 0 Å². The minimum Gasteiger partial charge on any atom is -0.456 e. The van der Waals surface area contributed by atoms with Crippen molar-refractivity contribution in [3.63, 3.8) is 0 Å². The molecule has 0 fully saturated rings. The molecule has 0 saturated heterocycles. The van der Waals surface area contributed by atoms with Crippen molar-refractivity contribution in [1.82, 2.24) is 15.0 Å². The topological polar surface area (TPSA) is 65.0 Å². The summed E-state index contributed by atoms with van der Waals surface area (Å²) in [6.45, 7) is 0. The van der Waals surface area contributed by atoms with Crippen LogP contribution < -0.4 is 0 Å². The summed E-state index contributed by atoms with van der Waals surface area (Å²) in [4.78, 5) is 15.3. The minimum atomic E-state index is 0.606. The van der Waals surface area contributed by atoms with Crippen LogP contribution in [0.25, 0.3) is 123 Å². The van der Waals surface area contributed by atoms with Gasteiger partial charge in [-0.3, -0.25) is 0 Å². The second-order valence-corrected chi connectivity index (χ2v) is 15.5. The second-order valence-electron chi connectivity index (χ2n) is 15.5. The van der Waals surface area contributed by atoms with Crippen LogP contribution in [-0.2, 0) is 0 Å². The lowest BCUT2D eigenvalue weighted by atomic mass is 9.90. The predicted octanol–water partition coefficient (Wildman–Crippen LogP) is 15.3. The lowest BCUT2D eigenvalue weighted by molar-refractivity contribution is 0.668. The van der Waals surface area contributed by atoms with E-state index in [-0.39, 0.29) is 0 Å². The smallest absolute Gasteiger partial charge is 0.164 e. The molecule has 0 spiro atoms. The van der Waals surface area contributed by atoms with E-state index in [0.717, 1.165) is 105 Å². The van der Waals surface area contributed by atoms with Gasteiger partial charge in [-0.05, 0) is 87.0 Å². The van der Waals surface area contributed by atoms with Gasteiger partial charge >= 0.3 is 0 Å². The molecule has 12 rings (SSSR count). The highest BCUT2D eigenvalue weighted by Crippen LogP contribution is 2.43. The maximum absolute atomic E-state index is 6.37. The first-order chi connectivity index (χ1) is 30.7. The third-order valence-electron chi connectivity index (χ3n) is 11.8. The molecule has 3 heterocycles. The number of hydrogen-bond donors (Lipinski definition) is 0. The molecule has 290 valence electrons. The number of aromatic nitrogens is 3. The van der Waals surface area contributed by atoms with Gasteiger partial charge in [0.25, 0.3) is 0 Å². The number of hydrogen-bond acceptors (Lipinski definition) is 5. The molecular weight excluding hydrogens is 759 g/mol. The summed E-state index contributed by atoms with van der Waals surface area (Å²) in [5.41, 5.74) is 15.0. The van der Waals surface area contributed by atoms with Crippen LogP contribution in [0, 0.1) is 0 Å². The molecule has 0 unspecified atom stereocenters.